The van der Waals surface area contributed by atoms with E-state index >= 15 is 0 Å². The third kappa shape index (κ3) is 18.6. The summed E-state index contributed by atoms with van der Waals surface area (Å²) in [6.07, 6.45) is 29.8. The van der Waals surface area contributed by atoms with E-state index in [1.165, 1.54) is 121 Å². The summed E-state index contributed by atoms with van der Waals surface area (Å²) in [6, 6.07) is 0. The van der Waals surface area contributed by atoms with E-state index in [-0.39, 0.29) is 18.1 Å². The molecule has 10 atom stereocenters. The first-order valence-corrected chi connectivity index (χ1v) is 28.2. The van der Waals surface area contributed by atoms with Crippen LogP contribution in [-0.2, 0) is 27.8 Å². The molecule has 0 aliphatic heterocycles. The Kier molecular flexibility index (Phi) is 23.7. The average Bonchev–Trinajstić information content (AvgIpc) is 3.60. The standard InChI is InChI=1S/C53H97N2O9P/c1-10-11-12-13-14-15-16-17-18-19-20-21-22-23-35-54-50(56)63-45(40-62-65(58,59)61-37-36-55(7,8)9)39-60-51(57)64-44-31-33-52(5)43(38-44)27-28-46-48-30-29-47(42(4)26-24-25-41(2)3)53(48,6)34-32-49(46)52/h27,41-42,44-49H,10-26,28-40H2,1-9H3,(H-,54,56,58,59)/t42-,44+,45+,46+,47-,48+,49+,52+,53-/m1/s1. The second-order valence-electron chi connectivity index (χ2n) is 23.0. The van der Waals surface area contributed by atoms with Gasteiger partial charge < -0.3 is 38.0 Å². The maximum Gasteiger partial charge on any atom is 0.508 e. The van der Waals surface area contributed by atoms with Crippen LogP contribution in [0.15, 0.2) is 11.6 Å². The molecule has 1 amide bonds. The fourth-order valence-electron chi connectivity index (χ4n) is 12.5. The first-order chi connectivity index (χ1) is 30.9. The number of carbonyl (C=O) groups is 2. The van der Waals surface area contributed by atoms with Gasteiger partial charge in [0.2, 0.25) is 0 Å². The number of nitrogens with one attached hydrogen (secondary N) is 1. The molecule has 0 aromatic carbocycles. The number of nitrogens with zero attached hydrogens (tertiary/aromatic N) is 1. The summed E-state index contributed by atoms with van der Waals surface area (Å²) >= 11 is 0. The minimum absolute atomic E-state index is 0.0606. The van der Waals surface area contributed by atoms with E-state index in [9.17, 15) is 19.0 Å². The normalized spacial score (nSPS) is 28.3. The van der Waals surface area contributed by atoms with E-state index in [0.717, 1.165) is 68.1 Å². The number of phosphoric acid groups is 1. The Morgan fingerprint density at radius 3 is 2.09 bits per heavy atom. The van der Waals surface area contributed by atoms with Crippen LogP contribution in [0.3, 0.4) is 0 Å². The van der Waals surface area contributed by atoms with Crippen molar-refractivity contribution in [3.8, 4) is 0 Å². The second kappa shape index (κ2) is 27.5. The summed E-state index contributed by atoms with van der Waals surface area (Å²) in [5.74, 6) is 4.57. The number of rotatable bonds is 31. The number of hydrogen-bond donors (Lipinski definition) is 1. The molecule has 0 spiro atoms. The number of ether oxygens (including phenoxy) is 3. The highest BCUT2D eigenvalue weighted by Gasteiger charge is 2.59. The summed E-state index contributed by atoms with van der Waals surface area (Å²) in [6.45, 7) is 14.4. The Bertz CT molecular complexity index is 1480. The lowest BCUT2D eigenvalue weighted by Crippen LogP contribution is -2.51. The third-order valence-corrected chi connectivity index (χ3v) is 17.4. The lowest BCUT2D eigenvalue weighted by Gasteiger charge is -2.58. The highest BCUT2D eigenvalue weighted by atomic mass is 31.2. The van der Waals surface area contributed by atoms with E-state index in [4.69, 9.17) is 23.3 Å². The number of likely N-dealkylation sites (N-methyl/N-ethyl adjacent to an activating group) is 1. The SMILES string of the molecule is CCCCCCCCCCCCCCCCNC(=O)O[C@@H](COC(=O)O[C@H]1CC[C@@]2(C)C(=CC[C@H]3[C@@H]4CC[C@H]([C@H](C)CCCC(C)C)[C@@]4(C)CC[C@@H]32)C1)COP(=O)([O-])OCC[N+](C)(C)C. The van der Waals surface area contributed by atoms with Crippen LogP contribution in [-0.4, -0.2) is 83.0 Å². The van der Waals surface area contributed by atoms with Gasteiger partial charge in [-0.15, -0.1) is 0 Å². The van der Waals surface area contributed by atoms with Crippen molar-refractivity contribution in [1.82, 2.24) is 5.32 Å². The Labute approximate surface area is 397 Å². The summed E-state index contributed by atoms with van der Waals surface area (Å²) in [5.41, 5.74) is 1.97. The molecule has 378 valence electrons. The van der Waals surface area contributed by atoms with Crippen LogP contribution in [0.5, 0.6) is 0 Å². The number of unbranched alkanes of at least 4 members (excludes halogenated alkanes) is 13. The molecule has 11 nitrogen and oxygen atoms in total. The minimum Gasteiger partial charge on any atom is -0.756 e. The largest absolute Gasteiger partial charge is 0.756 e. The van der Waals surface area contributed by atoms with Gasteiger partial charge in [-0.1, -0.05) is 156 Å². The highest BCUT2D eigenvalue weighted by Crippen LogP contribution is 2.67. The Morgan fingerprint density at radius 1 is 0.815 bits per heavy atom. The van der Waals surface area contributed by atoms with Crippen molar-refractivity contribution in [3.63, 3.8) is 0 Å². The van der Waals surface area contributed by atoms with E-state index < -0.39 is 39.4 Å². The van der Waals surface area contributed by atoms with E-state index in [1.54, 1.807) is 0 Å². The Hall–Kier alpha value is -1.65. The molecule has 3 saturated carbocycles. The molecule has 0 aromatic rings. The van der Waals surface area contributed by atoms with Gasteiger partial charge in [-0.05, 0) is 97.7 Å². The first-order valence-electron chi connectivity index (χ1n) is 26.7. The number of phosphoric ester groups is 1. The fourth-order valence-corrected chi connectivity index (χ4v) is 13.3. The van der Waals surface area contributed by atoms with Gasteiger partial charge >= 0.3 is 12.2 Å². The number of amides is 1. The molecule has 0 saturated heterocycles. The zero-order valence-corrected chi connectivity index (χ0v) is 43.9. The van der Waals surface area contributed by atoms with Gasteiger partial charge in [0.1, 0.15) is 25.9 Å². The zero-order chi connectivity index (χ0) is 47.5. The monoisotopic (exact) mass is 937 g/mol. The molecular formula is C53H97N2O9P. The molecule has 4 aliphatic rings. The summed E-state index contributed by atoms with van der Waals surface area (Å²) < 4.78 is 40.3. The third-order valence-electron chi connectivity index (χ3n) is 16.4. The predicted octanol–water partition coefficient (Wildman–Crippen LogP) is 13.3. The molecule has 1 N–H and O–H groups in total. The van der Waals surface area contributed by atoms with Crippen LogP contribution in [0.4, 0.5) is 9.59 Å². The van der Waals surface area contributed by atoms with Crippen molar-refractivity contribution in [2.24, 2.45) is 46.3 Å². The molecule has 4 rings (SSSR count). The minimum atomic E-state index is -4.71. The van der Waals surface area contributed by atoms with E-state index in [1.807, 2.05) is 21.1 Å². The predicted molar refractivity (Wildman–Crippen MR) is 260 cm³/mol. The fraction of sp³-hybridized carbons (Fsp3) is 0.925. The van der Waals surface area contributed by atoms with Gasteiger partial charge in [-0.25, -0.2) is 9.59 Å². The molecular weight excluding hydrogens is 840 g/mol. The summed E-state index contributed by atoms with van der Waals surface area (Å²) in [7, 11) is 1.07. The van der Waals surface area contributed by atoms with Crippen LogP contribution in [0.1, 0.15) is 202 Å². The van der Waals surface area contributed by atoms with Gasteiger partial charge in [0, 0.05) is 13.0 Å². The molecule has 1 unspecified atom stereocenters. The van der Waals surface area contributed by atoms with E-state index in [2.05, 4.69) is 52.9 Å². The molecule has 0 bridgehead atoms. The Balaban J connectivity index is 1.21. The molecule has 0 heterocycles. The molecule has 12 heteroatoms. The van der Waals surface area contributed by atoms with E-state index in [0.29, 0.717) is 35.3 Å². The lowest BCUT2D eigenvalue weighted by molar-refractivity contribution is -0.870. The van der Waals surface area contributed by atoms with Gasteiger partial charge in [-0.2, -0.15) is 0 Å². The van der Waals surface area contributed by atoms with Crippen molar-refractivity contribution < 1.29 is 46.8 Å². The van der Waals surface area contributed by atoms with Crippen molar-refractivity contribution in [2.75, 3.05) is 54.1 Å². The van der Waals surface area contributed by atoms with Crippen LogP contribution in [0, 0.1) is 46.3 Å². The number of quaternary nitrogens is 1. The van der Waals surface area contributed by atoms with Crippen LogP contribution < -0.4 is 10.2 Å². The van der Waals surface area contributed by atoms with Gasteiger partial charge in [-0.3, -0.25) is 4.57 Å². The molecule has 4 aliphatic carbocycles. The number of hydrogen-bond acceptors (Lipinski definition) is 9. The van der Waals surface area contributed by atoms with Crippen molar-refractivity contribution in [3.05, 3.63) is 11.6 Å². The number of fused-ring (bicyclic) bond motifs is 5. The smallest absolute Gasteiger partial charge is 0.508 e. The van der Waals surface area contributed by atoms with Crippen molar-refractivity contribution in [2.45, 2.75) is 214 Å². The first kappa shape index (κ1) is 55.9. The quantitative estimate of drug-likeness (QED) is 0.0237. The summed E-state index contributed by atoms with van der Waals surface area (Å²) in [4.78, 5) is 38.6. The van der Waals surface area contributed by atoms with Gasteiger partial charge in [0.25, 0.3) is 7.82 Å². The van der Waals surface area contributed by atoms with Crippen molar-refractivity contribution in [1.29, 1.82) is 0 Å². The number of carbonyl (C=O) groups excluding carboxylic acids is 2. The van der Waals surface area contributed by atoms with Crippen molar-refractivity contribution >= 4 is 20.1 Å². The van der Waals surface area contributed by atoms with Gasteiger partial charge in [0.05, 0.1) is 27.7 Å². The Morgan fingerprint density at radius 2 is 1.46 bits per heavy atom. The molecule has 0 aromatic heterocycles. The topological polar surface area (TPSA) is 132 Å². The maximum absolute atomic E-state index is 13.2. The van der Waals surface area contributed by atoms with Crippen LogP contribution >= 0.6 is 7.82 Å². The van der Waals surface area contributed by atoms with Crippen LogP contribution in [0.25, 0.3) is 0 Å². The average molecular weight is 937 g/mol. The number of allylic oxidation sites excluding steroid dienone is 1. The summed E-state index contributed by atoms with van der Waals surface area (Å²) in [5, 5.41) is 2.76. The molecule has 65 heavy (non-hydrogen) atoms. The maximum atomic E-state index is 13.2. The van der Waals surface area contributed by atoms with Gasteiger partial charge in [0.15, 0.2) is 6.10 Å². The number of alkyl carbamates (subject to hydrolysis) is 1. The van der Waals surface area contributed by atoms with Crippen LogP contribution in [0.2, 0.25) is 0 Å². The zero-order valence-electron chi connectivity index (χ0n) is 43.0. The lowest BCUT2D eigenvalue weighted by atomic mass is 9.47. The second-order valence-corrected chi connectivity index (χ2v) is 24.4. The highest BCUT2D eigenvalue weighted by molar-refractivity contribution is 7.45. The molecule has 3 fully saturated rings. The molecule has 0 radical (unpaired) electrons.